The van der Waals surface area contributed by atoms with Crippen molar-refractivity contribution in [2.45, 2.75) is 39.7 Å². The molecule has 4 heteroatoms. The predicted octanol–water partition coefficient (Wildman–Crippen LogP) is 2.30. The number of aromatic nitrogens is 1. The zero-order valence-corrected chi connectivity index (χ0v) is 14.4. The number of rotatable bonds is 4. The van der Waals surface area contributed by atoms with Crippen molar-refractivity contribution < 1.29 is 0 Å². The number of nitrogens with zero attached hydrogens (tertiary/aromatic N) is 4. The summed E-state index contributed by atoms with van der Waals surface area (Å²) < 4.78 is 0. The Labute approximate surface area is 135 Å². The number of likely N-dealkylation sites (tertiary alicyclic amines) is 1. The second-order valence-electron chi connectivity index (χ2n) is 6.82. The first-order valence-electron chi connectivity index (χ1n) is 8.82. The highest BCUT2D eigenvalue weighted by Gasteiger charge is 2.26. The molecule has 4 nitrogen and oxygen atoms in total. The molecule has 0 unspecified atom stereocenters. The van der Waals surface area contributed by atoms with Crippen LogP contribution in [0.3, 0.4) is 0 Å². The van der Waals surface area contributed by atoms with Crippen LogP contribution in [0.2, 0.25) is 0 Å². The van der Waals surface area contributed by atoms with Gasteiger partial charge in [-0.05, 0) is 51.9 Å². The molecule has 0 N–H and O–H groups in total. The summed E-state index contributed by atoms with van der Waals surface area (Å²) in [6.45, 7) is 14.9. The van der Waals surface area contributed by atoms with Crippen LogP contribution >= 0.6 is 0 Å². The van der Waals surface area contributed by atoms with Crippen LogP contribution in [0.1, 0.15) is 31.2 Å². The van der Waals surface area contributed by atoms with Crippen molar-refractivity contribution >= 4 is 5.69 Å². The lowest BCUT2D eigenvalue weighted by molar-refractivity contribution is 0.170. The van der Waals surface area contributed by atoms with Gasteiger partial charge < -0.3 is 4.90 Å². The summed E-state index contributed by atoms with van der Waals surface area (Å²) in [5.41, 5.74) is 3.60. The molecule has 1 aromatic rings. The third-order valence-corrected chi connectivity index (χ3v) is 5.18. The molecule has 1 atom stereocenters. The first-order chi connectivity index (χ1) is 10.7. The van der Waals surface area contributed by atoms with Crippen LogP contribution in [-0.4, -0.2) is 66.6 Å². The van der Waals surface area contributed by atoms with E-state index in [9.17, 15) is 0 Å². The molecular weight excluding hydrogens is 272 g/mol. The van der Waals surface area contributed by atoms with E-state index in [1.165, 1.54) is 51.3 Å². The summed E-state index contributed by atoms with van der Waals surface area (Å²) in [6.07, 6.45) is 2.77. The largest absolute Gasteiger partial charge is 0.369 e. The minimum atomic E-state index is 0.793. The number of piperazine rings is 1. The van der Waals surface area contributed by atoms with E-state index in [0.717, 1.165) is 30.5 Å². The molecule has 2 fully saturated rings. The first-order valence-corrected chi connectivity index (χ1v) is 8.82. The Kier molecular flexibility index (Phi) is 4.99. The fourth-order valence-corrected chi connectivity index (χ4v) is 4.00. The van der Waals surface area contributed by atoms with Gasteiger partial charge in [-0.1, -0.05) is 6.92 Å². The fraction of sp³-hybridized carbons (Fsp3) is 0.722. The monoisotopic (exact) mass is 302 g/mol. The molecule has 0 amide bonds. The summed E-state index contributed by atoms with van der Waals surface area (Å²) >= 11 is 0. The lowest BCUT2D eigenvalue weighted by atomic mass is 10.1. The second kappa shape index (κ2) is 6.97. The maximum Gasteiger partial charge on any atom is 0.0403 e. The predicted molar refractivity (Wildman–Crippen MR) is 92.6 cm³/mol. The molecule has 2 aliphatic rings. The van der Waals surface area contributed by atoms with Gasteiger partial charge >= 0.3 is 0 Å². The van der Waals surface area contributed by atoms with Gasteiger partial charge in [-0.3, -0.25) is 14.8 Å². The van der Waals surface area contributed by atoms with Crippen molar-refractivity contribution in [2.24, 2.45) is 0 Å². The van der Waals surface area contributed by atoms with E-state index in [4.69, 9.17) is 0 Å². The number of pyridine rings is 1. The molecule has 0 radical (unpaired) electrons. The van der Waals surface area contributed by atoms with Crippen LogP contribution in [0.4, 0.5) is 5.69 Å². The molecule has 3 heterocycles. The first kappa shape index (κ1) is 15.8. The maximum absolute atomic E-state index is 4.49. The molecule has 0 aromatic carbocycles. The summed E-state index contributed by atoms with van der Waals surface area (Å²) in [5.74, 6) is 0. The second-order valence-corrected chi connectivity index (χ2v) is 6.82. The molecule has 22 heavy (non-hydrogen) atoms. The Morgan fingerprint density at radius 2 is 1.73 bits per heavy atom. The smallest absolute Gasteiger partial charge is 0.0403 e. The summed E-state index contributed by atoms with van der Waals surface area (Å²) in [7, 11) is 0. The van der Waals surface area contributed by atoms with Crippen LogP contribution in [-0.2, 0) is 0 Å². The standard InChI is InChI=1S/C18H30N4/c1-4-21-7-5-6-17(21)14-20-8-10-22(11-9-20)18-12-15(2)19-16(3)13-18/h12-13,17H,4-11,14H2,1-3H3/t17-/m1/s1. The van der Waals surface area contributed by atoms with Crippen molar-refractivity contribution in [1.82, 2.24) is 14.8 Å². The van der Waals surface area contributed by atoms with E-state index >= 15 is 0 Å². The van der Waals surface area contributed by atoms with Gasteiger partial charge in [0.25, 0.3) is 0 Å². The molecule has 122 valence electrons. The molecule has 2 aliphatic heterocycles. The molecule has 1 aromatic heterocycles. The zero-order valence-electron chi connectivity index (χ0n) is 14.4. The minimum Gasteiger partial charge on any atom is -0.369 e. The average molecular weight is 302 g/mol. The minimum absolute atomic E-state index is 0.793. The van der Waals surface area contributed by atoms with Crippen LogP contribution in [0.25, 0.3) is 0 Å². The number of likely N-dealkylation sites (N-methyl/N-ethyl adjacent to an activating group) is 1. The van der Waals surface area contributed by atoms with Crippen molar-refractivity contribution in [3.63, 3.8) is 0 Å². The van der Waals surface area contributed by atoms with Crippen molar-refractivity contribution in [2.75, 3.05) is 50.7 Å². The molecular formula is C18H30N4. The molecule has 3 rings (SSSR count). The molecule has 0 bridgehead atoms. The maximum atomic E-state index is 4.49. The fourth-order valence-electron chi connectivity index (χ4n) is 4.00. The number of hydrogen-bond donors (Lipinski definition) is 0. The van der Waals surface area contributed by atoms with Crippen LogP contribution in [0.15, 0.2) is 12.1 Å². The molecule has 0 spiro atoms. The van der Waals surface area contributed by atoms with Gasteiger partial charge in [0.15, 0.2) is 0 Å². The van der Waals surface area contributed by atoms with E-state index < -0.39 is 0 Å². The van der Waals surface area contributed by atoms with Crippen LogP contribution in [0, 0.1) is 13.8 Å². The Morgan fingerprint density at radius 3 is 2.36 bits per heavy atom. The Hall–Kier alpha value is -1.13. The third-order valence-electron chi connectivity index (χ3n) is 5.18. The van der Waals surface area contributed by atoms with Gasteiger partial charge in [0.2, 0.25) is 0 Å². The lowest BCUT2D eigenvalue weighted by Gasteiger charge is -2.38. The van der Waals surface area contributed by atoms with Crippen molar-refractivity contribution in [1.29, 1.82) is 0 Å². The summed E-state index contributed by atoms with van der Waals surface area (Å²) in [4.78, 5) is 12.3. The molecule has 0 aliphatic carbocycles. The molecule has 0 saturated carbocycles. The van der Waals surface area contributed by atoms with Gasteiger partial charge in [0, 0.05) is 55.8 Å². The highest BCUT2D eigenvalue weighted by molar-refractivity contribution is 5.48. The summed E-state index contributed by atoms with van der Waals surface area (Å²) in [5, 5.41) is 0. The van der Waals surface area contributed by atoms with E-state index in [0.29, 0.717) is 0 Å². The highest BCUT2D eigenvalue weighted by atomic mass is 15.3. The van der Waals surface area contributed by atoms with Gasteiger partial charge in [-0.15, -0.1) is 0 Å². The number of anilines is 1. The van der Waals surface area contributed by atoms with Gasteiger partial charge in [0.05, 0.1) is 0 Å². The molecule has 2 saturated heterocycles. The average Bonchev–Trinajstić information content (AvgIpc) is 2.94. The van der Waals surface area contributed by atoms with Crippen molar-refractivity contribution in [3.8, 4) is 0 Å². The van der Waals surface area contributed by atoms with Gasteiger partial charge in [-0.25, -0.2) is 0 Å². The van der Waals surface area contributed by atoms with E-state index in [1.807, 2.05) is 0 Å². The number of aryl methyl sites for hydroxylation is 2. The van der Waals surface area contributed by atoms with Crippen LogP contribution < -0.4 is 4.90 Å². The van der Waals surface area contributed by atoms with E-state index in [2.05, 4.69) is 52.6 Å². The third kappa shape index (κ3) is 3.61. The topological polar surface area (TPSA) is 22.6 Å². The Bertz CT molecular complexity index is 474. The van der Waals surface area contributed by atoms with E-state index in [-0.39, 0.29) is 0 Å². The SMILES string of the molecule is CCN1CCC[C@@H]1CN1CCN(c2cc(C)nc(C)c2)CC1. The normalized spacial score (nSPS) is 24.1. The zero-order chi connectivity index (χ0) is 15.5. The highest BCUT2D eigenvalue weighted by Crippen LogP contribution is 2.21. The quantitative estimate of drug-likeness (QED) is 0.851. The van der Waals surface area contributed by atoms with Gasteiger partial charge in [-0.2, -0.15) is 0 Å². The van der Waals surface area contributed by atoms with Gasteiger partial charge in [0.1, 0.15) is 0 Å². The van der Waals surface area contributed by atoms with Crippen LogP contribution in [0.5, 0.6) is 0 Å². The Morgan fingerprint density at radius 1 is 1.05 bits per heavy atom. The summed E-state index contributed by atoms with van der Waals surface area (Å²) in [6, 6.07) is 5.23. The van der Waals surface area contributed by atoms with E-state index in [1.54, 1.807) is 0 Å². The van der Waals surface area contributed by atoms with Crippen molar-refractivity contribution in [3.05, 3.63) is 23.5 Å². The Balaban J connectivity index is 1.54. The number of hydrogen-bond acceptors (Lipinski definition) is 4. The lowest BCUT2D eigenvalue weighted by Crippen LogP contribution is -2.50.